The molecule has 1 aromatic heterocycles. The van der Waals surface area contributed by atoms with E-state index in [1.54, 1.807) is 7.11 Å². The fraction of sp³-hybridized carbons (Fsp3) is 0.417. The van der Waals surface area contributed by atoms with Crippen molar-refractivity contribution < 1.29 is 14.0 Å². The molecule has 0 bridgehead atoms. The van der Waals surface area contributed by atoms with E-state index in [0.717, 1.165) is 50.7 Å². The van der Waals surface area contributed by atoms with Crippen LogP contribution in [0.3, 0.4) is 0 Å². The summed E-state index contributed by atoms with van der Waals surface area (Å²) in [5, 5.41) is 4.20. The van der Waals surface area contributed by atoms with E-state index in [4.69, 9.17) is 14.0 Å². The SMILES string of the molecule is COc1cccc(-c2noc(CN(Cc3ccccc3)C(C)CN3CCOCC3)n2)c1. The van der Waals surface area contributed by atoms with Gasteiger partial charge in [0.15, 0.2) is 0 Å². The number of hydrogen-bond acceptors (Lipinski definition) is 7. The molecule has 1 atom stereocenters. The molecule has 2 heterocycles. The van der Waals surface area contributed by atoms with Gasteiger partial charge in [-0.1, -0.05) is 47.6 Å². The first-order valence-electron chi connectivity index (χ1n) is 10.8. The Kier molecular flexibility index (Phi) is 7.30. The lowest BCUT2D eigenvalue weighted by atomic mass is 10.1. The van der Waals surface area contributed by atoms with Gasteiger partial charge >= 0.3 is 0 Å². The Morgan fingerprint density at radius 3 is 2.65 bits per heavy atom. The van der Waals surface area contributed by atoms with Crippen LogP contribution in [0.1, 0.15) is 18.4 Å². The van der Waals surface area contributed by atoms with Crippen molar-refractivity contribution in [2.24, 2.45) is 0 Å². The van der Waals surface area contributed by atoms with Crippen molar-refractivity contribution >= 4 is 0 Å². The highest BCUT2D eigenvalue weighted by atomic mass is 16.5. The standard InChI is InChI=1S/C24H30N4O3/c1-19(16-27-11-13-30-14-12-27)28(17-20-7-4-3-5-8-20)18-23-25-24(26-31-23)21-9-6-10-22(15-21)29-2/h3-10,15,19H,11-14,16-18H2,1-2H3. The second-order valence-electron chi connectivity index (χ2n) is 7.90. The molecule has 1 aliphatic heterocycles. The van der Waals surface area contributed by atoms with E-state index in [9.17, 15) is 0 Å². The largest absolute Gasteiger partial charge is 0.497 e. The zero-order valence-electron chi connectivity index (χ0n) is 18.2. The molecule has 0 N–H and O–H groups in total. The van der Waals surface area contributed by atoms with Gasteiger partial charge in [-0.3, -0.25) is 9.80 Å². The maximum absolute atomic E-state index is 5.62. The molecule has 31 heavy (non-hydrogen) atoms. The zero-order valence-corrected chi connectivity index (χ0v) is 18.2. The summed E-state index contributed by atoms with van der Waals surface area (Å²) in [6.45, 7) is 8.22. The molecule has 3 aromatic rings. The first-order valence-corrected chi connectivity index (χ1v) is 10.8. The lowest BCUT2D eigenvalue weighted by molar-refractivity contribution is 0.0214. The van der Waals surface area contributed by atoms with Gasteiger partial charge in [-0.25, -0.2) is 0 Å². The van der Waals surface area contributed by atoms with E-state index in [2.05, 4.69) is 51.1 Å². The highest BCUT2D eigenvalue weighted by Gasteiger charge is 2.22. The molecule has 7 heteroatoms. The van der Waals surface area contributed by atoms with Crippen LogP contribution in [0, 0.1) is 0 Å². The molecule has 4 rings (SSSR count). The molecule has 0 aliphatic carbocycles. The summed E-state index contributed by atoms with van der Waals surface area (Å²) in [5.41, 5.74) is 2.15. The number of morpholine rings is 1. The third kappa shape index (κ3) is 5.91. The van der Waals surface area contributed by atoms with Gasteiger partial charge in [0.1, 0.15) is 5.75 Å². The first kappa shape index (κ1) is 21.5. The Morgan fingerprint density at radius 1 is 1.06 bits per heavy atom. The van der Waals surface area contributed by atoms with Crippen LogP contribution < -0.4 is 4.74 Å². The van der Waals surface area contributed by atoms with Crippen molar-refractivity contribution in [2.45, 2.75) is 26.1 Å². The lowest BCUT2D eigenvalue weighted by Gasteiger charge is -2.34. The molecule has 1 unspecified atom stereocenters. The van der Waals surface area contributed by atoms with Crippen LogP contribution in [0.5, 0.6) is 5.75 Å². The highest BCUT2D eigenvalue weighted by molar-refractivity contribution is 5.56. The number of rotatable bonds is 9. The predicted octanol–water partition coefficient (Wildman–Crippen LogP) is 3.47. The summed E-state index contributed by atoms with van der Waals surface area (Å²) >= 11 is 0. The molecule has 2 aromatic carbocycles. The van der Waals surface area contributed by atoms with Gasteiger partial charge in [0.2, 0.25) is 11.7 Å². The average molecular weight is 423 g/mol. The smallest absolute Gasteiger partial charge is 0.241 e. The quantitative estimate of drug-likeness (QED) is 0.523. The molecule has 0 spiro atoms. The van der Waals surface area contributed by atoms with Crippen molar-refractivity contribution in [3.05, 3.63) is 66.1 Å². The first-order chi connectivity index (χ1) is 15.2. The van der Waals surface area contributed by atoms with Crippen molar-refractivity contribution in [1.29, 1.82) is 0 Å². The molecular formula is C24H30N4O3. The summed E-state index contributed by atoms with van der Waals surface area (Å²) < 4.78 is 16.4. The number of benzene rings is 2. The third-order valence-corrected chi connectivity index (χ3v) is 5.61. The normalized spacial score (nSPS) is 15.8. The molecule has 0 saturated carbocycles. The van der Waals surface area contributed by atoms with Crippen LogP contribution in [0.2, 0.25) is 0 Å². The van der Waals surface area contributed by atoms with Gasteiger partial charge in [0, 0.05) is 37.8 Å². The minimum atomic E-state index is 0.325. The van der Waals surface area contributed by atoms with E-state index < -0.39 is 0 Å². The third-order valence-electron chi connectivity index (χ3n) is 5.61. The van der Waals surface area contributed by atoms with Crippen molar-refractivity contribution in [1.82, 2.24) is 19.9 Å². The Bertz CT molecular complexity index is 941. The minimum Gasteiger partial charge on any atom is -0.497 e. The lowest BCUT2D eigenvalue weighted by Crippen LogP contribution is -2.45. The van der Waals surface area contributed by atoms with E-state index >= 15 is 0 Å². The van der Waals surface area contributed by atoms with Crippen LogP contribution in [0.4, 0.5) is 0 Å². The summed E-state index contributed by atoms with van der Waals surface area (Å²) in [6.07, 6.45) is 0. The highest BCUT2D eigenvalue weighted by Crippen LogP contribution is 2.22. The summed E-state index contributed by atoms with van der Waals surface area (Å²) in [7, 11) is 1.65. The Morgan fingerprint density at radius 2 is 1.87 bits per heavy atom. The summed E-state index contributed by atoms with van der Waals surface area (Å²) in [5.74, 6) is 1.96. The Balaban J connectivity index is 1.49. The van der Waals surface area contributed by atoms with Crippen LogP contribution in [-0.2, 0) is 17.8 Å². The predicted molar refractivity (Wildman–Crippen MR) is 119 cm³/mol. The molecule has 1 saturated heterocycles. The van der Waals surface area contributed by atoms with Crippen LogP contribution >= 0.6 is 0 Å². The fourth-order valence-corrected chi connectivity index (χ4v) is 3.83. The molecular weight excluding hydrogens is 392 g/mol. The maximum Gasteiger partial charge on any atom is 0.241 e. The van der Waals surface area contributed by atoms with Crippen molar-refractivity contribution in [3.63, 3.8) is 0 Å². The van der Waals surface area contributed by atoms with E-state index in [1.165, 1.54) is 5.56 Å². The second-order valence-corrected chi connectivity index (χ2v) is 7.90. The van der Waals surface area contributed by atoms with Gasteiger partial charge < -0.3 is 14.0 Å². The number of ether oxygens (including phenoxy) is 2. The number of methoxy groups -OCH3 is 1. The van der Waals surface area contributed by atoms with Crippen LogP contribution in [0.15, 0.2) is 59.1 Å². The van der Waals surface area contributed by atoms with Crippen molar-refractivity contribution in [2.75, 3.05) is 40.0 Å². The van der Waals surface area contributed by atoms with Gasteiger partial charge in [0.05, 0.1) is 26.9 Å². The molecule has 0 amide bonds. The Hall–Kier alpha value is -2.74. The fourth-order valence-electron chi connectivity index (χ4n) is 3.83. The Labute approximate surface area is 183 Å². The van der Waals surface area contributed by atoms with E-state index in [1.807, 2.05) is 30.3 Å². The number of aromatic nitrogens is 2. The minimum absolute atomic E-state index is 0.325. The molecule has 7 nitrogen and oxygen atoms in total. The number of hydrogen-bond donors (Lipinski definition) is 0. The van der Waals surface area contributed by atoms with E-state index in [-0.39, 0.29) is 0 Å². The van der Waals surface area contributed by atoms with Crippen LogP contribution in [0.25, 0.3) is 11.4 Å². The zero-order chi connectivity index (χ0) is 21.5. The summed E-state index contributed by atoms with van der Waals surface area (Å²) in [6, 6.07) is 18.5. The van der Waals surface area contributed by atoms with Crippen molar-refractivity contribution in [3.8, 4) is 17.1 Å². The van der Waals surface area contributed by atoms with Gasteiger partial charge in [0.25, 0.3) is 0 Å². The number of nitrogens with zero attached hydrogens (tertiary/aromatic N) is 4. The topological polar surface area (TPSA) is 63.9 Å². The van der Waals surface area contributed by atoms with Gasteiger partial charge in [-0.2, -0.15) is 4.98 Å². The average Bonchev–Trinajstić information content (AvgIpc) is 3.29. The monoisotopic (exact) mass is 422 g/mol. The maximum atomic E-state index is 5.62. The van der Waals surface area contributed by atoms with Gasteiger partial charge in [-0.05, 0) is 24.6 Å². The second kappa shape index (κ2) is 10.5. The molecule has 0 radical (unpaired) electrons. The van der Waals surface area contributed by atoms with Crippen LogP contribution in [-0.4, -0.2) is 65.9 Å². The van der Waals surface area contributed by atoms with E-state index in [0.29, 0.717) is 24.3 Å². The molecule has 1 aliphatic rings. The summed E-state index contributed by atoms with van der Waals surface area (Å²) in [4.78, 5) is 9.51. The molecule has 1 fully saturated rings. The van der Waals surface area contributed by atoms with Gasteiger partial charge in [-0.15, -0.1) is 0 Å². The molecule has 164 valence electrons.